The lowest BCUT2D eigenvalue weighted by molar-refractivity contribution is 0.251. The lowest BCUT2D eigenvalue weighted by atomic mass is 10.2. The van der Waals surface area contributed by atoms with E-state index in [4.69, 9.17) is 11.6 Å². The molecule has 0 aliphatic heterocycles. The second-order valence-corrected chi connectivity index (χ2v) is 6.15. The molecule has 0 bridgehead atoms. The molecule has 0 radical (unpaired) electrons. The molecule has 2 aromatic rings. The molecule has 2 N–H and O–H groups in total. The summed E-state index contributed by atoms with van der Waals surface area (Å²) in [7, 11) is 0. The zero-order chi connectivity index (χ0) is 16.4. The minimum atomic E-state index is -0.440. The second kappa shape index (κ2) is 6.58. The summed E-state index contributed by atoms with van der Waals surface area (Å²) in [5, 5.41) is 9.92. The maximum Gasteiger partial charge on any atom is 0.320 e. The number of rotatable bonds is 5. The number of carbonyl (C=O) groups excluding carboxylic acids is 1. The second-order valence-electron chi connectivity index (χ2n) is 5.75. The van der Waals surface area contributed by atoms with Crippen LogP contribution < -0.4 is 10.6 Å². The SMILES string of the molecule is C[C@@H](C1CC1)n1nccc1NC(=O)NCc1c(F)cccc1Cl. The Morgan fingerprint density at radius 1 is 1.48 bits per heavy atom. The number of amides is 2. The normalized spacial score (nSPS) is 15.3. The summed E-state index contributed by atoms with van der Waals surface area (Å²) < 4.78 is 15.5. The van der Waals surface area contributed by atoms with E-state index in [1.165, 1.54) is 25.0 Å². The topological polar surface area (TPSA) is 59.0 Å². The number of halogens is 2. The molecule has 3 rings (SSSR count). The van der Waals surface area contributed by atoms with Gasteiger partial charge in [0.25, 0.3) is 0 Å². The van der Waals surface area contributed by atoms with Crippen molar-refractivity contribution in [2.75, 3.05) is 5.32 Å². The van der Waals surface area contributed by atoms with Gasteiger partial charge in [-0.1, -0.05) is 17.7 Å². The van der Waals surface area contributed by atoms with Gasteiger partial charge in [-0.3, -0.25) is 5.32 Å². The van der Waals surface area contributed by atoms with Crippen LogP contribution in [0.1, 0.15) is 31.4 Å². The highest BCUT2D eigenvalue weighted by molar-refractivity contribution is 6.31. The van der Waals surface area contributed by atoms with E-state index >= 15 is 0 Å². The molecule has 0 spiro atoms. The zero-order valence-electron chi connectivity index (χ0n) is 12.7. The molecule has 23 heavy (non-hydrogen) atoms. The third kappa shape index (κ3) is 3.64. The minimum Gasteiger partial charge on any atom is -0.334 e. The van der Waals surface area contributed by atoms with Gasteiger partial charge in [-0.05, 0) is 37.8 Å². The Kier molecular flexibility index (Phi) is 4.52. The summed E-state index contributed by atoms with van der Waals surface area (Å²) in [4.78, 5) is 12.0. The van der Waals surface area contributed by atoms with E-state index in [0.29, 0.717) is 11.7 Å². The van der Waals surface area contributed by atoms with Crippen molar-refractivity contribution in [3.63, 3.8) is 0 Å². The van der Waals surface area contributed by atoms with Crippen LogP contribution in [0.2, 0.25) is 5.02 Å². The van der Waals surface area contributed by atoms with Crippen LogP contribution in [0.4, 0.5) is 15.0 Å². The van der Waals surface area contributed by atoms with Crippen molar-refractivity contribution in [2.45, 2.75) is 32.4 Å². The fourth-order valence-electron chi connectivity index (χ4n) is 2.55. The number of benzene rings is 1. The van der Waals surface area contributed by atoms with Gasteiger partial charge in [0.05, 0.1) is 12.2 Å². The van der Waals surface area contributed by atoms with E-state index in [9.17, 15) is 9.18 Å². The lowest BCUT2D eigenvalue weighted by Gasteiger charge is -2.16. The van der Waals surface area contributed by atoms with Crippen molar-refractivity contribution in [1.82, 2.24) is 15.1 Å². The molecular formula is C16H18ClFN4O. The average Bonchev–Trinajstić information content (AvgIpc) is 3.26. The number of anilines is 1. The van der Waals surface area contributed by atoms with E-state index in [-0.39, 0.29) is 23.2 Å². The summed E-state index contributed by atoms with van der Waals surface area (Å²) in [5.74, 6) is 0.808. The van der Waals surface area contributed by atoms with Crippen molar-refractivity contribution in [2.24, 2.45) is 5.92 Å². The van der Waals surface area contributed by atoms with Crippen LogP contribution >= 0.6 is 11.6 Å². The van der Waals surface area contributed by atoms with E-state index in [2.05, 4.69) is 22.7 Å². The first-order chi connectivity index (χ1) is 11.1. The molecule has 122 valence electrons. The van der Waals surface area contributed by atoms with Crippen LogP contribution in [-0.4, -0.2) is 15.8 Å². The molecule has 1 aliphatic carbocycles. The van der Waals surface area contributed by atoms with Crippen LogP contribution in [-0.2, 0) is 6.54 Å². The fraction of sp³-hybridized carbons (Fsp3) is 0.375. The van der Waals surface area contributed by atoms with Gasteiger partial charge >= 0.3 is 6.03 Å². The average molecular weight is 337 g/mol. The number of urea groups is 1. The maximum absolute atomic E-state index is 13.7. The predicted octanol–water partition coefficient (Wildman–Crippen LogP) is 3.97. The molecule has 7 heteroatoms. The standard InChI is InChI=1S/C16H18ClFN4O/c1-10(11-5-6-11)22-15(7-8-20-22)21-16(23)19-9-12-13(17)3-2-4-14(12)18/h2-4,7-8,10-11H,5-6,9H2,1H3,(H2,19,21,23)/t10-/m0/s1. The Hall–Kier alpha value is -2.08. The van der Waals surface area contributed by atoms with Crippen molar-refractivity contribution in [1.29, 1.82) is 0 Å². The summed E-state index contributed by atoms with van der Waals surface area (Å²) in [6.45, 7) is 2.11. The van der Waals surface area contributed by atoms with Crippen LogP contribution in [0.5, 0.6) is 0 Å². The van der Waals surface area contributed by atoms with Crippen LogP contribution in [0.15, 0.2) is 30.5 Å². The quantitative estimate of drug-likeness (QED) is 0.868. The Morgan fingerprint density at radius 3 is 2.96 bits per heavy atom. The summed E-state index contributed by atoms with van der Waals surface area (Å²) in [6.07, 6.45) is 4.04. The van der Waals surface area contributed by atoms with Gasteiger partial charge in [-0.25, -0.2) is 13.9 Å². The number of carbonyl (C=O) groups is 1. The molecule has 1 atom stereocenters. The van der Waals surface area contributed by atoms with E-state index in [1.807, 2.05) is 4.68 Å². The highest BCUT2D eigenvalue weighted by Gasteiger charge is 2.30. The van der Waals surface area contributed by atoms with Crippen molar-refractivity contribution < 1.29 is 9.18 Å². The van der Waals surface area contributed by atoms with Gasteiger partial charge < -0.3 is 5.32 Å². The summed E-state index contributed by atoms with van der Waals surface area (Å²) >= 11 is 5.94. The Bertz CT molecular complexity index is 694. The molecule has 1 fully saturated rings. The third-order valence-electron chi connectivity index (χ3n) is 4.09. The van der Waals surface area contributed by atoms with E-state index in [0.717, 1.165) is 0 Å². The minimum absolute atomic E-state index is 0.0175. The van der Waals surface area contributed by atoms with Crippen molar-refractivity contribution in [3.8, 4) is 0 Å². The highest BCUT2D eigenvalue weighted by Crippen LogP contribution is 2.40. The van der Waals surface area contributed by atoms with Gasteiger partial charge in [-0.15, -0.1) is 0 Å². The Morgan fingerprint density at radius 2 is 2.26 bits per heavy atom. The van der Waals surface area contributed by atoms with Crippen LogP contribution in [0, 0.1) is 11.7 Å². The molecular weight excluding hydrogens is 319 g/mol. The van der Waals surface area contributed by atoms with E-state index in [1.54, 1.807) is 18.3 Å². The molecule has 0 saturated heterocycles. The number of nitrogens with zero attached hydrogens (tertiary/aromatic N) is 2. The predicted molar refractivity (Wildman–Crippen MR) is 86.9 cm³/mol. The molecule has 5 nitrogen and oxygen atoms in total. The molecule has 2 amide bonds. The van der Waals surface area contributed by atoms with Gasteiger partial charge in [-0.2, -0.15) is 5.10 Å². The van der Waals surface area contributed by atoms with Gasteiger partial charge in [0.2, 0.25) is 0 Å². The Labute approximate surface area is 138 Å². The first-order valence-electron chi connectivity index (χ1n) is 7.57. The first-order valence-corrected chi connectivity index (χ1v) is 7.95. The largest absolute Gasteiger partial charge is 0.334 e. The number of hydrogen-bond acceptors (Lipinski definition) is 2. The maximum atomic E-state index is 13.7. The molecule has 1 aromatic carbocycles. The third-order valence-corrected chi connectivity index (χ3v) is 4.44. The van der Waals surface area contributed by atoms with Crippen molar-refractivity contribution >= 4 is 23.4 Å². The highest BCUT2D eigenvalue weighted by atomic mass is 35.5. The number of aromatic nitrogens is 2. The lowest BCUT2D eigenvalue weighted by Crippen LogP contribution is -2.30. The molecule has 1 saturated carbocycles. The number of nitrogens with one attached hydrogen (secondary N) is 2. The van der Waals surface area contributed by atoms with Gasteiger partial charge in [0.1, 0.15) is 11.6 Å². The molecule has 1 heterocycles. The monoisotopic (exact) mass is 336 g/mol. The number of hydrogen-bond donors (Lipinski definition) is 2. The smallest absolute Gasteiger partial charge is 0.320 e. The van der Waals surface area contributed by atoms with E-state index < -0.39 is 11.8 Å². The summed E-state index contributed by atoms with van der Waals surface area (Å²) in [6, 6.07) is 6.00. The van der Waals surface area contributed by atoms with Gasteiger partial charge in [0, 0.05) is 23.2 Å². The fourth-order valence-corrected chi connectivity index (χ4v) is 2.78. The summed E-state index contributed by atoms with van der Waals surface area (Å²) in [5.41, 5.74) is 0.268. The zero-order valence-corrected chi connectivity index (χ0v) is 13.5. The van der Waals surface area contributed by atoms with Crippen LogP contribution in [0.25, 0.3) is 0 Å². The van der Waals surface area contributed by atoms with Gasteiger partial charge in [0.15, 0.2) is 0 Å². The molecule has 1 aliphatic rings. The first kappa shape index (κ1) is 15.8. The molecule has 0 unspecified atom stereocenters. The van der Waals surface area contributed by atoms with Crippen molar-refractivity contribution in [3.05, 3.63) is 46.9 Å². The van der Waals surface area contributed by atoms with Crippen LogP contribution in [0.3, 0.4) is 0 Å². The Balaban J connectivity index is 1.61. The molecule has 1 aromatic heterocycles.